The molecule has 2 rings (SSSR count). The van der Waals surface area contributed by atoms with E-state index in [1.165, 1.54) is 0 Å². The fourth-order valence-electron chi connectivity index (χ4n) is 2.47. The third-order valence-corrected chi connectivity index (χ3v) is 3.51. The van der Waals surface area contributed by atoms with Crippen LogP contribution >= 0.6 is 0 Å². The van der Waals surface area contributed by atoms with Gasteiger partial charge in [-0.3, -0.25) is 9.78 Å². The number of pyridine rings is 1. The minimum Gasteiger partial charge on any atom is -0.330 e. The average molecular weight is 324 g/mol. The lowest BCUT2D eigenvalue weighted by Gasteiger charge is -2.24. The number of aromatic nitrogens is 1. The van der Waals surface area contributed by atoms with Crippen LogP contribution in [0.2, 0.25) is 0 Å². The topological polar surface area (TPSA) is 33.2 Å². The van der Waals surface area contributed by atoms with E-state index in [9.17, 15) is 18.0 Å². The van der Waals surface area contributed by atoms with Crippen molar-refractivity contribution in [1.29, 1.82) is 0 Å². The van der Waals surface area contributed by atoms with Crippen molar-refractivity contribution in [2.75, 3.05) is 13.1 Å². The molecule has 23 heavy (non-hydrogen) atoms. The molecule has 0 radical (unpaired) electrons. The fourth-order valence-corrected chi connectivity index (χ4v) is 2.47. The molecule has 0 aliphatic carbocycles. The third-order valence-electron chi connectivity index (χ3n) is 3.51. The number of unbranched alkanes of at least 4 members (excludes halogenated alkanes) is 1. The number of halogens is 3. The second-order valence-electron chi connectivity index (χ2n) is 5.52. The number of fused-ring (bicyclic) bond motifs is 1. The molecule has 6 heteroatoms. The molecule has 3 nitrogen and oxygen atoms in total. The van der Waals surface area contributed by atoms with E-state index in [0.717, 1.165) is 11.3 Å². The number of rotatable bonds is 5. The molecule has 1 aromatic heterocycles. The van der Waals surface area contributed by atoms with Gasteiger partial charge < -0.3 is 4.90 Å². The van der Waals surface area contributed by atoms with Crippen LogP contribution in [0.25, 0.3) is 10.9 Å². The summed E-state index contributed by atoms with van der Waals surface area (Å²) in [6.07, 6.45) is -3.16. The maximum absolute atomic E-state index is 12.8. The van der Waals surface area contributed by atoms with Crippen molar-refractivity contribution in [2.45, 2.75) is 32.9 Å². The second-order valence-corrected chi connectivity index (χ2v) is 5.52. The molecule has 0 bridgehead atoms. The summed E-state index contributed by atoms with van der Waals surface area (Å²) in [5.41, 5.74) is 1.49. The van der Waals surface area contributed by atoms with E-state index in [4.69, 9.17) is 0 Å². The van der Waals surface area contributed by atoms with Gasteiger partial charge in [0.25, 0.3) is 5.91 Å². The van der Waals surface area contributed by atoms with E-state index in [2.05, 4.69) is 4.98 Å². The SMILES string of the molecule is CCCCN(CC(F)(F)F)C(=O)c1cc(C)nc2ccccc12. The highest BCUT2D eigenvalue weighted by Gasteiger charge is 2.33. The van der Waals surface area contributed by atoms with E-state index in [-0.39, 0.29) is 12.1 Å². The smallest absolute Gasteiger partial charge is 0.330 e. The molecule has 0 fully saturated rings. The molecule has 0 unspecified atom stereocenters. The highest BCUT2D eigenvalue weighted by Crippen LogP contribution is 2.23. The fraction of sp³-hybridized carbons (Fsp3) is 0.412. The molecule has 124 valence electrons. The van der Waals surface area contributed by atoms with Gasteiger partial charge in [0.1, 0.15) is 6.54 Å². The van der Waals surface area contributed by atoms with Gasteiger partial charge >= 0.3 is 6.18 Å². The van der Waals surface area contributed by atoms with Gasteiger partial charge in [0.2, 0.25) is 0 Å². The summed E-state index contributed by atoms with van der Waals surface area (Å²) in [6.45, 7) is 2.46. The molecule has 1 aromatic carbocycles. The standard InChI is InChI=1S/C17H19F3N2O/c1-3-4-9-22(11-17(18,19)20)16(23)14-10-12(2)21-15-8-6-5-7-13(14)15/h5-8,10H,3-4,9,11H2,1-2H3. The van der Waals surface area contributed by atoms with E-state index in [1.807, 2.05) is 6.92 Å². The third kappa shape index (κ3) is 4.43. The van der Waals surface area contributed by atoms with Crippen LogP contribution in [0.5, 0.6) is 0 Å². The normalized spacial score (nSPS) is 11.7. The average Bonchev–Trinajstić information content (AvgIpc) is 2.48. The minimum absolute atomic E-state index is 0.0878. The van der Waals surface area contributed by atoms with E-state index < -0.39 is 18.6 Å². The van der Waals surface area contributed by atoms with Gasteiger partial charge in [0.15, 0.2) is 0 Å². The lowest BCUT2D eigenvalue weighted by Crippen LogP contribution is -2.39. The number of carbonyl (C=O) groups is 1. The molecule has 0 N–H and O–H groups in total. The monoisotopic (exact) mass is 324 g/mol. The first-order valence-electron chi connectivity index (χ1n) is 7.54. The van der Waals surface area contributed by atoms with Crippen LogP contribution in [0, 0.1) is 6.92 Å². The van der Waals surface area contributed by atoms with Crippen LogP contribution in [0.1, 0.15) is 35.8 Å². The first-order chi connectivity index (χ1) is 10.8. The summed E-state index contributed by atoms with van der Waals surface area (Å²) in [5, 5.41) is 0.576. The summed E-state index contributed by atoms with van der Waals surface area (Å²) in [7, 11) is 0. The van der Waals surface area contributed by atoms with E-state index in [0.29, 0.717) is 23.0 Å². The summed E-state index contributed by atoms with van der Waals surface area (Å²) in [4.78, 5) is 17.9. The maximum Gasteiger partial charge on any atom is 0.406 e. The van der Waals surface area contributed by atoms with Crippen molar-refractivity contribution in [3.05, 3.63) is 41.6 Å². The zero-order chi connectivity index (χ0) is 17.0. The Morgan fingerprint density at radius 2 is 1.96 bits per heavy atom. The second kappa shape index (κ2) is 6.98. The Morgan fingerprint density at radius 1 is 1.26 bits per heavy atom. The predicted molar refractivity (Wildman–Crippen MR) is 83.3 cm³/mol. The molecule has 1 heterocycles. The number of amides is 1. The Kier molecular flexibility index (Phi) is 5.23. The number of para-hydroxylation sites is 1. The zero-order valence-electron chi connectivity index (χ0n) is 13.2. The highest BCUT2D eigenvalue weighted by atomic mass is 19.4. The Labute approximate surface area is 133 Å². The van der Waals surface area contributed by atoms with E-state index >= 15 is 0 Å². The van der Waals surface area contributed by atoms with Gasteiger partial charge in [-0.1, -0.05) is 31.5 Å². The van der Waals surface area contributed by atoms with Crippen molar-refractivity contribution in [3.63, 3.8) is 0 Å². The van der Waals surface area contributed by atoms with Crippen LogP contribution < -0.4 is 0 Å². The van der Waals surface area contributed by atoms with Gasteiger partial charge in [-0.15, -0.1) is 0 Å². The summed E-state index contributed by atoms with van der Waals surface area (Å²) >= 11 is 0. The molecule has 0 aliphatic rings. The Bertz CT molecular complexity index is 698. The number of benzene rings is 1. The molecule has 0 saturated carbocycles. The lowest BCUT2D eigenvalue weighted by atomic mass is 10.1. The lowest BCUT2D eigenvalue weighted by molar-refractivity contribution is -0.140. The van der Waals surface area contributed by atoms with Crippen molar-refractivity contribution >= 4 is 16.8 Å². The Balaban J connectivity index is 2.43. The van der Waals surface area contributed by atoms with Crippen LogP contribution in [-0.2, 0) is 0 Å². The minimum atomic E-state index is -4.42. The number of carbonyl (C=O) groups excluding carboxylic acids is 1. The number of hydrogen-bond donors (Lipinski definition) is 0. The molecule has 0 atom stereocenters. The van der Waals surface area contributed by atoms with Gasteiger partial charge in [-0.25, -0.2) is 0 Å². The first-order valence-corrected chi connectivity index (χ1v) is 7.54. The van der Waals surface area contributed by atoms with Crippen molar-refractivity contribution < 1.29 is 18.0 Å². The van der Waals surface area contributed by atoms with Crippen LogP contribution in [0.4, 0.5) is 13.2 Å². The van der Waals surface area contributed by atoms with Gasteiger partial charge in [-0.2, -0.15) is 13.2 Å². The Morgan fingerprint density at radius 3 is 2.61 bits per heavy atom. The van der Waals surface area contributed by atoms with Crippen molar-refractivity contribution in [2.24, 2.45) is 0 Å². The maximum atomic E-state index is 12.8. The summed E-state index contributed by atoms with van der Waals surface area (Å²) < 4.78 is 38.4. The van der Waals surface area contributed by atoms with Crippen LogP contribution in [0.15, 0.2) is 30.3 Å². The van der Waals surface area contributed by atoms with Crippen molar-refractivity contribution in [1.82, 2.24) is 9.88 Å². The van der Waals surface area contributed by atoms with E-state index in [1.54, 1.807) is 37.3 Å². The van der Waals surface area contributed by atoms with Gasteiger partial charge in [0.05, 0.1) is 11.1 Å². The van der Waals surface area contributed by atoms with Crippen LogP contribution in [-0.4, -0.2) is 35.1 Å². The molecule has 2 aromatic rings. The number of nitrogens with zero attached hydrogens (tertiary/aromatic N) is 2. The zero-order valence-corrected chi connectivity index (χ0v) is 13.2. The largest absolute Gasteiger partial charge is 0.406 e. The molecule has 0 spiro atoms. The molecule has 0 saturated heterocycles. The summed E-state index contributed by atoms with van der Waals surface area (Å²) in [6, 6.07) is 8.55. The Hall–Kier alpha value is -2.11. The number of aryl methyl sites for hydroxylation is 1. The number of alkyl halides is 3. The quantitative estimate of drug-likeness (QED) is 0.819. The molecule has 0 aliphatic heterocycles. The molecule has 1 amide bonds. The predicted octanol–water partition coefficient (Wildman–Crippen LogP) is 4.35. The van der Waals surface area contributed by atoms with Crippen LogP contribution in [0.3, 0.4) is 0 Å². The summed E-state index contributed by atoms with van der Waals surface area (Å²) in [5.74, 6) is -0.600. The van der Waals surface area contributed by atoms with Crippen molar-refractivity contribution in [3.8, 4) is 0 Å². The number of hydrogen-bond acceptors (Lipinski definition) is 2. The molecular formula is C17H19F3N2O. The highest BCUT2D eigenvalue weighted by molar-refractivity contribution is 6.06. The molecular weight excluding hydrogens is 305 g/mol. The first kappa shape index (κ1) is 17.2. The van der Waals surface area contributed by atoms with Gasteiger partial charge in [0, 0.05) is 17.6 Å². The van der Waals surface area contributed by atoms with Gasteiger partial charge in [-0.05, 0) is 25.5 Å².